The number of benzene rings is 1. The van der Waals surface area contributed by atoms with Crippen LogP contribution in [-0.4, -0.2) is 26.9 Å². The van der Waals surface area contributed by atoms with Gasteiger partial charge in [-0.2, -0.15) is 0 Å². The zero-order valence-electron chi connectivity index (χ0n) is 11.0. The highest BCUT2D eigenvalue weighted by Crippen LogP contribution is 2.26. The average Bonchev–Trinajstić information content (AvgIpc) is 3.16. The smallest absolute Gasteiger partial charge is 0.184 e. The molecule has 0 saturated heterocycles. The Morgan fingerprint density at radius 2 is 2.10 bits per heavy atom. The van der Waals surface area contributed by atoms with E-state index in [4.69, 9.17) is 10.5 Å². The monoisotopic (exact) mass is 272 g/mol. The van der Waals surface area contributed by atoms with Crippen LogP contribution in [0.5, 0.6) is 5.75 Å². The molecule has 2 N–H and O–H groups in total. The first-order chi connectivity index (χ1) is 9.74. The summed E-state index contributed by atoms with van der Waals surface area (Å²) in [6.07, 6.45) is 4.29. The van der Waals surface area contributed by atoms with Crippen molar-refractivity contribution in [2.75, 3.05) is 0 Å². The number of nitrogens with two attached hydrogens (primary N) is 1. The normalized spacial score (nSPS) is 14.2. The lowest BCUT2D eigenvalue weighted by atomic mass is 10.1. The van der Waals surface area contributed by atoms with Gasteiger partial charge in [-0.25, -0.2) is 4.68 Å². The topological polar surface area (TPSA) is 83.0 Å². The molecule has 0 bridgehead atoms. The van der Waals surface area contributed by atoms with E-state index in [0.717, 1.165) is 18.6 Å². The largest absolute Gasteiger partial charge is 0.490 e. The molecule has 0 atom stereocenters. The van der Waals surface area contributed by atoms with Gasteiger partial charge in [0, 0.05) is 12.1 Å². The van der Waals surface area contributed by atoms with E-state index in [9.17, 15) is 4.79 Å². The van der Waals surface area contributed by atoms with Crippen LogP contribution in [0.3, 0.4) is 0 Å². The summed E-state index contributed by atoms with van der Waals surface area (Å²) in [7, 11) is 0. The van der Waals surface area contributed by atoms with Gasteiger partial charge in [-0.05, 0) is 37.1 Å². The molecule has 1 aromatic heterocycles. The van der Waals surface area contributed by atoms with Gasteiger partial charge in [-0.1, -0.05) is 5.21 Å². The van der Waals surface area contributed by atoms with Gasteiger partial charge in [0.1, 0.15) is 12.3 Å². The van der Waals surface area contributed by atoms with Gasteiger partial charge in [0.15, 0.2) is 5.78 Å². The summed E-state index contributed by atoms with van der Waals surface area (Å²) in [6.45, 7) is 0.483. The van der Waals surface area contributed by atoms with Crippen molar-refractivity contribution < 1.29 is 9.53 Å². The van der Waals surface area contributed by atoms with Crippen LogP contribution in [0, 0.1) is 0 Å². The predicted octanol–water partition coefficient (Wildman–Crippen LogP) is 1.16. The molecule has 1 aliphatic rings. The molecule has 2 aromatic rings. The molecule has 0 amide bonds. The fraction of sp³-hybridized carbons (Fsp3) is 0.357. The number of nitrogens with zero attached hydrogens (tertiary/aromatic N) is 3. The number of ether oxygens (including phenoxy) is 1. The number of Topliss-reactive ketones (excluding diaryl/α,β-unsaturated/α-hetero) is 1. The molecule has 0 aliphatic heterocycles. The molecule has 6 nitrogen and oxygen atoms in total. The lowest BCUT2D eigenvalue weighted by Gasteiger charge is -2.05. The van der Waals surface area contributed by atoms with Crippen molar-refractivity contribution in [3.8, 4) is 5.75 Å². The quantitative estimate of drug-likeness (QED) is 0.798. The summed E-state index contributed by atoms with van der Waals surface area (Å²) in [5.41, 5.74) is 6.76. The highest BCUT2D eigenvalue weighted by atomic mass is 16.5. The molecule has 0 spiro atoms. The van der Waals surface area contributed by atoms with Gasteiger partial charge in [-0.3, -0.25) is 4.79 Å². The van der Waals surface area contributed by atoms with Crippen LogP contribution >= 0.6 is 0 Å². The van der Waals surface area contributed by atoms with Gasteiger partial charge in [-0.15, -0.1) is 5.10 Å². The Bertz CT molecular complexity index is 602. The molecule has 6 heteroatoms. The second-order valence-electron chi connectivity index (χ2n) is 4.88. The maximum absolute atomic E-state index is 12.1. The Balaban J connectivity index is 1.63. The third kappa shape index (κ3) is 3.03. The Hall–Kier alpha value is -2.21. The minimum atomic E-state index is -0.0172. The third-order valence-corrected chi connectivity index (χ3v) is 3.10. The Morgan fingerprint density at radius 3 is 2.70 bits per heavy atom. The average molecular weight is 272 g/mol. The van der Waals surface area contributed by atoms with Crippen molar-refractivity contribution in [3.63, 3.8) is 0 Å². The minimum absolute atomic E-state index is 0.0172. The first-order valence-corrected chi connectivity index (χ1v) is 6.63. The van der Waals surface area contributed by atoms with E-state index in [1.54, 1.807) is 18.3 Å². The molecule has 20 heavy (non-hydrogen) atoms. The first-order valence-electron chi connectivity index (χ1n) is 6.63. The van der Waals surface area contributed by atoms with Crippen LogP contribution < -0.4 is 10.5 Å². The summed E-state index contributed by atoms with van der Waals surface area (Å²) in [5.74, 6) is 0.798. The number of carbonyl (C=O) groups is 1. The zero-order chi connectivity index (χ0) is 13.9. The number of hydrogen-bond acceptors (Lipinski definition) is 5. The number of rotatable bonds is 6. The van der Waals surface area contributed by atoms with Crippen molar-refractivity contribution in [1.82, 2.24) is 15.0 Å². The molecule has 0 radical (unpaired) electrons. The lowest BCUT2D eigenvalue weighted by molar-refractivity contribution is 0.0967. The molecule has 3 rings (SSSR count). The summed E-state index contributed by atoms with van der Waals surface area (Å²) in [4.78, 5) is 12.1. The van der Waals surface area contributed by atoms with E-state index in [1.807, 2.05) is 12.1 Å². The molecule has 1 fully saturated rings. The van der Waals surface area contributed by atoms with Gasteiger partial charge in [0.25, 0.3) is 0 Å². The van der Waals surface area contributed by atoms with E-state index in [1.165, 1.54) is 4.68 Å². The molecule has 1 aliphatic carbocycles. The maximum Gasteiger partial charge on any atom is 0.184 e. The molecule has 1 heterocycles. The van der Waals surface area contributed by atoms with Gasteiger partial charge < -0.3 is 10.5 Å². The second kappa shape index (κ2) is 5.42. The van der Waals surface area contributed by atoms with Crippen molar-refractivity contribution in [2.45, 2.75) is 32.0 Å². The van der Waals surface area contributed by atoms with Crippen LogP contribution in [0.2, 0.25) is 0 Å². The number of ketones is 1. The Kier molecular flexibility index (Phi) is 3.47. The summed E-state index contributed by atoms with van der Waals surface area (Å²) in [5, 5.41) is 7.71. The highest BCUT2D eigenvalue weighted by Gasteiger charge is 2.23. The molecular formula is C14H16N4O2. The van der Waals surface area contributed by atoms with Crippen LogP contribution in [0.4, 0.5) is 0 Å². The van der Waals surface area contributed by atoms with Crippen LogP contribution in [0.1, 0.15) is 28.9 Å². The fourth-order valence-corrected chi connectivity index (χ4v) is 1.85. The van der Waals surface area contributed by atoms with Gasteiger partial charge in [0.2, 0.25) is 0 Å². The molecule has 0 unspecified atom stereocenters. The predicted molar refractivity (Wildman–Crippen MR) is 72.3 cm³/mol. The van der Waals surface area contributed by atoms with Crippen molar-refractivity contribution in [1.29, 1.82) is 0 Å². The summed E-state index contributed by atoms with van der Waals surface area (Å²) >= 11 is 0. The van der Waals surface area contributed by atoms with E-state index in [-0.39, 0.29) is 12.3 Å². The van der Waals surface area contributed by atoms with E-state index < -0.39 is 0 Å². The number of carbonyl (C=O) groups excluding carboxylic acids is 1. The van der Waals surface area contributed by atoms with Gasteiger partial charge in [0.05, 0.1) is 18.0 Å². The molecule has 1 saturated carbocycles. The molecule has 1 aromatic carbocycles. The third-order valence-electron chi connectivity index (χ3n) is 3.10. The molecular weight excluding hydrogens is 256 g/mol. The lowest BCUT2D eigenvalue weighted by Crippen LogP contribution is -2.11. The van der Waals surface area contributed by atoms with Crippen LogP contribution in [-0.2, 0) is 13.1 Å². The highest BCUT2D eigenvalue weighted by molar-refractivity contribution is 5.95. The van der Waals surface area contributed by atoms with E-state index in [0.29, 0.717) is 23.9 Å². The zero-order valence-corrected chi connectivity index (χ0v) is 11.0. The Morgan fingerprint density at radius 1 is 1.35 bits per heavy atom. The van der Waals surface area contributed by atoms with Crippen molar-refractivity contribution in [3.05, 3.63) is 41.7 Å². The van der Waals surface area contributed by atoms with E-state index >= 15 is 0 Å². The van der Waals surface area contributed by atoms with Crippen molar-refractivity contribution >= 4 is 5.78 Å². The number of hydrogen-bond donors (Lipinski definition) is 1. The standard InChI is InChI=1S/C14H16N4O2/c15-7-11-8-18(17-16-11)9-14(19)10-1-3-12(4-2-10)20-13-5-6-13/h1-4,8,13H,5-7,9,15H2. The van der Waals surface area contributed by atoms with Crippen LogP contribution in [0.15, 0.2) is 30.5 Å². The SMILES string of the molecule is NCc1cn(CC(=O)c2ccc(OC3CC3)cc2)nn1. The second-order valence-corrected chi connectivity index (χ2v) is 4.88. The van der Waals surface area contributed by atoms with Crippen LogP contribution in [0.25, 0.3) is 0 Å². The summed E-state index contributed by atoms with van der Waals surface area (Å²) in [6, 6.07) is 7.22. The maximum atomic E-state index is 12.1. The van der Waals surface area contributed by atoms with Gasteiger partial charge >= 0.3 is 0 Å². The summed E-state index contributed by atoms with van der Waals surface area (Å²) < 4.78 is 7.14. The fourth-order valence-electron chi connectivity index (χ4n) is 1.85. The first kappa shape index (κ1) is 12.8. The molecule has 104 valence electrons. The van der Waals surface area contributed by atoms with Crippen molar-refractivity contribution in [2.24, 2.45) is 5.73 Å². The Labute approximate surface area is 116 Å². The minimum Gasteiger partial charge on any atom is -0.490 e. The number of aromatic nitrogens is 3. The van der Waals surface area contributed by atoms with E-state index in [2.05, 4.69) is 10.3 Å².